The molecule has 0 amide bonds. The molecule has 1 rings (SSSR count). The van der Waals surface area contributed by atoms with Gasteiger partial charge in [0.15, 0.2) is 0 Å². The van der Waals surface area contributed by atoms with Gasteiger partial charge in [0.2, 0.25) is 0 Å². The standard InChI is InChI=1S/C9H13ClN2O/c1-7(13)4-5-11-9-3-2-8(10)6-12-9/h2-3,6-7,13H,4-5H2,1H3,(H,11,12)/t7-/m1/s1. The number of pyridine rings is 1. The van der Waals surface area contributed by atoms with Crippen LogP contribution in [-0.2, 0) is 0 Å². The van der Waals surface area contributed by atoms with Crippen molar-refractivity contribution in [1.82, 2.24) is 4.98 Å². The quantitative estimate of drug-likeness (QED) is 0.781. The highest BCUT2D eigenvalue weighted by Crippen LogP contribution is 2.09. The minimum absolute atomic E-state index is 0.278. The number of halogens is 1. The van der Waals surface area contributed by atoms with Crippen LogP contribution in [0.2, 0.25) is 5.02 Å². The van der Waals surface area contributed by atoms with E-state index in [1.54, 1.807) is 19.2 Å². The average molecular weight is 201 g/mol. The molecule has 0 saturated carbocycles. The molecule has 1 atom stereocenters. The van der Waals surface area contributed by atoms with Crippen LogP contribution in [0.1, 0.15) is 13.3 Å². The van der Waals surface area contributed by atoms with Crippen LogP contribution in [0, 0.1) is 0 Å². The van der Waals surface area contributed by atoms with Gasteiger partial charge < -0.3 is 10.4 Å². The van der Waals surface area contributed by atoms with Crippen LogP contribution < -0.4 is 5.32 Å². The van der Waals surface area contributed by atoms with Crippen molar-refractivity contribution in [1.29, 1.82) is 0 Å². The van der Waals surface area contributed by atoms with Gasteiger partial charge in [-0.1, -0.05) is 11.6 Å². The Kier molecular flexibility index (Phi) is 3.99. The van der Waals surface area contributed by atoms with E-state index in [0.717, 1.165) is 5.82 Å². The third kappa shape index (κ3) is 4.10. The largest absolute Gasteiger partial charge is 0.393 e. The Balaban J connectivity index is 2.33. The second-order valence-corrected chi connectivity index (χ2v) is 3.36. The lowest BCUT2D eigenvalue weighted by atomic mass is 10.3. The molecule has 0 saturated heterocycles. The lowest BCUT2D eigenvalue weighted by molar-refractivity contribution is 0.188. The zero-order chi connectivity index (χ0) is 9.68. The normalized spacial score (nSPS) is 12.5. The van der Waals surface area contributed by atoms with E-state index >= 15 is 0 Å². The van der Waals surface area contributed by atoms with Gasteiger partial charge >= 0.3 is 0 Å². The molecule has 13 heavy (non-hydrogen) atoms. The molecule has 0 bridgehead atoms. The first-order chi connectivity index (χ1) is 6.18. The topological polar surface area (TPSA) is 45.1 Å². The van der Waals surface area contributed by atoms with E-state index in [2.05, 4.69) is 10.3 Å². The molecule has 3 nitrogen and oxygen atoms in total. The summed E-state index contributed by atoms with van der Waals surface area (Å²) in [7, 11) is 0. The summed E-state index contributed by atoms with van der Waals surface area (Å²) in [6.45, 7) is 2.48. The van der Waals surface area contributed by atoms with Gasteiger partial charge in [-0.05, 0) is 25.5 Å². The van der Waals surface area contributed by atoms with Gasteiger partial charge in [-0.2, -0.15) is 0 Å². The number of rotatable bonds is 4. The number of aliphatic hydroxyl groups is 1. The minimum atomic E-state index is -0.278. The summed E-state index contributed by atoms with van der Waals surface area (Å²) in [5, 5.41) is 12.7. The summed E-state index contributed by atoms with van der Waals surface area (Å²) in [6, 6.07) is 3.59. The van der Waals surface area contributed by atoms with Crippen molar-refractivity contribution in [2.24, 2.45) is 0 Å². The fourth-order valence-corrected chi connectivity index (χ4v) is 1.00. The molecule has 1 aromatic heterocycles. The molecule has 0 spiro atoms. The Bertz CT molecular complexity index is 248. The molecule has 0 unspecified atom stereocenters. The van der Waals surface area contributed by atoms with E-state index in [4.69, 9.17) is 16.7 Å². The van der Waals surface area contributed by atoms with Crippen molar-refractivity contribution < 1.29 is 5.11 Å². The molecule has 0 aliphatic rings. The molecule has 4 heteroatoms. The van der Waals surface area contributed by atoms with Gasteiger partial charge in [-0.15, -0.1) is 0 Å². The number of hydrogen-bond acceptors (Lipinski definition) is 3. The lowest BCUT2D eigenvalue weighted by Crippen LogP contribution is -2.10. The number of aliphatic hydroxyl groups excluding tert-OH is 1. The van der Waals surface area contributed by atoms with E-state index in [0.29, 0.717) is 18.0 Å². The number of anilines is 1. The van der Waals surface area contributed by atoms with Crippen LogP contribution in [0.25, 0.3) is 0 Å². The highest BCUT2D eigenvalue weighted by molar-refractivity contribution is 6.30. The Hall–Kier alpha value is -0.800. The second kappa shape index (κ2) is 5.04. The predicted octanol–water partition coefficient (Wildman–Crippen LogP) is 1.92. The Morgan fingerprint density at radius 2 is 2.38 bits per heavy atom. The fraction of sp³-hybridized carbons (Fsp3) is 0.444. The van der Waals surface area contributed by atoms with Crippen molar-refractivity contribution >= 4 is 17.4 Å². The van der Waals surface area contributed by atoms with Crippen LogP contribution in [-0.4, -0.2) is 22.7 Å². The minimum Gasteiger partial charge on any atom is -0.393 e. The van der Waals surface area contributed by atoms with E-state index in [9.17, 15) is 0 Å². The molecular weight excluding hydrogens is 188 g/mol. The first kappa shape index (κ1) is 10.3. The maximum Gasteiger partial charge on any atom is 0.125 e. The number of hydrogen-bond donors (Lipinski definition) is 2. The predicted molar refractivity (Wildman–Crippen MR) is 54.0 cm³/mol. The van der Waals surface area contributed by atoms with Crippen LogP contribution in [0.3, 0.4) is 0 Å². The molecule has 0 aromatic carbocycles. The number of aromatic nitrogens is 1. The highest BCUT2D eigenvalue weighted by atomic mass is 35.5. The Morgan fingerprint density at radius 3 is 2.92 bits per heavy atom. The molecule has 0 aliphatic carbocycles. The summed E-state index contributed by atoms with van der Waals surface area (Å²) < 4.78 is 0. The van der Waals surface area contributed by atoms with E-state index < -0.39 is 0 Å². The van der Waals surface area contributed by atoms with Crippen molar-refractivity contribution in [2.45, 2.75) is 19.4 Å². The number of nitrogens with zero attached hydrogens (tertiary/aromatic N) is 1. The van der Waals surface area contributed by atoms with Crippen molar-refractivity contribution in [3.8, 4) is 0 Å². The van der Waals surface area contributed by atoms with Gasteiger partial charge in [-0.3, -0.25) is 0 Å². The summed E-state index contributed by atoms with van der Waals surface area (Å²) in [5.41, 5.74) is 0. The molecule has 72 valence electrons. The average Bonchev–Trinajstić information content (AvgIpc) is 2.08. The fourth-order valence-electron chi connectivity index (χ4n) is 0.890. The molecule has 1 heterocycles. The summed E-state index contributed by atoms with van der Waals surface area (Å²) in [5.74, 6) is 0.782. The lowest BCUT2D eigenvalue weighted by Gasteiger charge is -2.06. The van der Waals surface area contributed by atoms with Gasteiger partial charge in [0, 0.05) is 12.7 Å². The molecule has 2 N–H and O–H groups in total. The van der Waals surface area contributed by atoms with Crippen molar-refractivity contribution in [3.63, 3.8) is 0 Å². The Morgan fingerprint density at radius 1 is 1.62 bits per heavy atom. The van der Waals surface area contributed by atoms with Crippen molar-refractivity contribution in [2.75, 3.05) is 11.9 Å². The van der Waals surface area contributed by atoms with E-state index in [-0.39, 0.29) is 6.10 Å². The zero-order valence-electron chi connectivity index (χ0n) is 7.50. The summed E-state index contributed by atoms with van der Waals surface area (Å²) in [6.07, 6.45) is 2.02. The first-order valence-corrected chi connectivity index (χ1v) is 4.60. The molecule has 0 radical (unpaired) electrons. The van der Waals surface area contributed by atoms with Crippen LogP contribution in [0.5, 0.6) is 0 Å². The second-order valence-electron chi connectivity index (χ2n) is 2.93. The van der Waals surface area contributed by atoms with Crippen LogP contribution in [0.15, 0.2) is 18.3 Å². The SMILES string of the molecule is C[C@@H](O)CCNc1ccc(Cl)cn1. The van der Waals surface area contributed by atoms with Gasteiger partial charge in [-0.25, -0.2) is 4.98 Å². The number of nitrogens with one attached hydrogen (secondary N) is 1. The first-order valence-electron chi connectivity index (χ1n) is 4.22. The molecule has 0 fully saturated rings. The molecule has 0 aliphatic heterocycles. The van der Waals surface area contributed by atoms with Gasteiger partial charge in [0.05, 0.1) is 11.1 Å². The maximum atomic E-state index is 8.99. The van der Waals surface area contributed by atoms with E-state index in [1.165, 1.54) is 0 Å². The third-order valence-electron chi connectivity index (χ3n) is 1.60. The molecule has 1 aromatic rings. The van der Waals surface area contributed by atoms with Gasteiger partial charge in [0.25, 0.3) is 0 Å². The van der Waals surface area contributed by atoms with E-state index in [1.807, 2.05) is 6.07 Å². The van der Waals surface area contributed by atoms with Crippen LogP contribution >= 0.6 is 11.6 Å². The van der Waals surface area contributed by atoms with Gasteiger partial charge in [0.1, 0.15) is 5.82 Å². The highest BCUT2D eigenvalue weighted by Gasteiger charge is 1.96. The maximum absolute atomic E-state index is 8.99. The third-order valence-corrected chi connectivity index (χ3v) is 1.82. The van der Waals surface area contributed by atoms with Crippen molar-refractivity contribution in [3.05, 3.63) is 23.4 Å². The zero-order valence-corrected chi connectivity index (χ0v) is 8.25. The summed E-state index contributed by atoms with van der Waals surface area (Å²) in [4.78, 5) is 4.05. The summed E-state index contributed by atoms with van der Waals surface area (Å²) >= 11 is 5.67. The smallest absolute Gasteiger partial charge is 0.125 e. The van der Waals surface area contributed by atoms with Crippen LogP contribution in [0.4, 0.5) is 5.82 Å². The Labute approximate surface area is 82.8 Å². The monoisotopic (exact) mass is 200 g/mol. The molecular formula is C9H13ClN2O.